The van der Waals surface area contributed by atoms with Crippen molar-refractivity contribution in [3.63, 3.8) is 0 Å². The van der Waals surface area contributed by atoms with E-state index in [1.54, 1.807) is 16.8 Å². The predicted molar refractivity (Wildman–Crippen MR) is 106 cm³/mol. The molecule has 1 amide bonds. The lowest BCUT2D eigenvalue weighted by Gasteiger charge is -2.32. The number of aryl methyl sites for hydroxylation is 2. The van der Waals surface area contributed by atoms with E-state index in [1.807, 2.05) is 38.1 Å². The average Bonchev–Trinajstić information content (AvgIpc) is 3.07. The molecule has 0 fully saturated rings. The minimum atomic E-state index is -0.466. The summed E-state index contributed by atoms with van der Waals surface area (Å²) in [5.41, 5.74) is 6.33. The largest absolute Gasteiger partial charge is 0.351 e. The maximum Gasteiger partial charge on any atom is 0.236 e. The molecule has 3 aromatic rings. The lowest BCUT2D eigenvalue weighted by Crippen LogP contribution is -2.44. The smallest absolute Gasteiger partial charge is 0.236 e. The van der Waals surface area contributed by atoms with Gasteiger partial charge in [-0.2, -0.15) is 0 Å². The topological polar surface area (TPSA) is 71.8 Å². The molecule has 1 aliphatic heterocycles. The van der Waals surface area contributed by atoms with Gasteiger partial charge in [-0.3, -0.25) is 4.79 Å². The molecular formula is C20H20FN5OS. The van der Waals surface area contributed by atoms with Crippen LogP contribution in [0.4, 0.5) is 4.39 Å². The number of carbonyl (C=O) groups excluding carboxylic acids is 1. The van der Waals surface area contributed by atoms with E-state index in [4.69, 9.17) is 0 Å². The summed E-state index contributed by atoms with van der Waals surface area (Å²) in [6, 6.07) is 13.9. The first-order valence-corrected chi connectivity index (χ1v) is 9.83. The molecule has 2 aromatic carbocycles. The van der Waals surface area contributed by atoms with Crippen LogP contribution in [0.2, 0.25) is 0 Å². The van der Waals surface area contributed by atoms with Crippen molar-refractivity contribution in [2.24, 2.45) is 0 Å². The Morgan fingerprint density at radius 1 is 1.14 bits per heavy atom. The van der Waals surface area contributed by atoms with Crippen LogP contribution < -0.4 is 10.7 Å². The zero-order valence-corrected chi connectivity index (χ0v) is 16.3. The number of aromatic nitrogens is 3. The van der Waals surface area contributed by atoms with Crippen LogP contribution in [0.25, 0.3) is 0 Å². The number of hydrogen-bond donors (Lipinski definition) is 2. The summed E-state index contributed by atoms with van der Waals surface area (Å²) < 4.78 is 15.1. The minimum absolute atomic E-state index is 0.112. The van der Waals surface area contributed by atoms with Gasteiger partial charge in [0, 0.05) is 6.54 Å². The Bertz CT molecular complexity index is 987. The first kappa shape index (κ1) is 18.5. The predicted octanol–water partition coefficient (Wildman–Crippen LogP) is 3.11. The van der Waals surface area contributed by atoms with E-state index in [0.717, 1.165) is 11.1 Å². The number of fused-ring (bicyclic) bond motifs is 1. The Kier molecular flexibility index (Phi) is 5.04. The third kappa shape index (κ3) is 3.73. The number of thioether (sulfide) groups is 1. The fourth-order valence-electron chi connectivity index (χ4n) is 3.08. The molecule has 144 valence electrons. The van der Waals surface area contributed by atoms with E-state index in [2.05, 4.69) is 20.9 Å². The van der Waals surface area contributed by atoms with Crippen LogP contribution in [0, 0.1) is 19.7 Å². The quantitative estimate of drug-likeness (QED) is 0.708. The van der Waals surface area contributed by atoms with Crippen LogP contribution in [0.1, 0.15) is 28.6 Å². The SMILES string of the molecule is Cc1ccc(CNC(=O)[C@H]2Sc3nnc(C)n3N[C@@H]2c2ccc(F)cc2)cc1. The standard InChI is InChI=1S/C20H20FN5OS/c1-12-3-5-14(6-4-12)11-22-19(27)18-17(15-7-9-16(21)10-8-15)25-26-13(2)23-24-20(26)28-18/h3-10,17-18,25H,11H2,1-2H3,(H,22,27)/t17-,18+/m1/s1. The van der Waals surface area contributed by atoms with Crippen molar-refractivity contribution < 1.29 is 9.18 Å². The second-order valence-corrected chi connectivity index (χ2v) is 7.87. The van der Waals surface area contributed by atoms with E-state index in [1.165, 1.54) is 29.5 Å². The van der Waals surface area contributed by atoms with Gasteiger partial charge in [0.2, 0.25) is 11.1 Å². The second kappa shape index (κ2) is 7.63. The third-order valence-electron chi connectivity index (χ3n) is 4.67. The van der Waals surface area contributed by atoms with Crippen LogP contribution in [-0.2, 0) is 11.3 Å². The van der Waals surface area contributed by atoms with Gasteiger partial charge in [0.1, 0.15) is 16.9 Å². The molecule has 28 heavy (non-hydrogen) atoms. The summed E-state index contributed by atoms with van der Waals surface area (Å²) in [6.07, 6.45) is 0. The summed E-state index contributed by atoms with van der Waals surface area (Å²) >= 11 is 1.35. The lowest BCUT2D eigenvalue weighted by atomic mass is 10.0. The van der Waals surface area contributed by atoms with Gasteiger partial charge in [-0.05, 0) is 37.1 Å². The fraction of sp³-hybridized carbons (Fsp3) is 0.250. The van der Waals surface area contributed by atoms with Crippen molar-refractivity contribution >= 4 is 17.7 Å². The maximum absolute atomic E-state index is 13.4. The van der Waals surface area contributed by atoms with Crippen LogP contribution in [0.3, 0.4) is 0 Å². The van der Waals surface area contributed by atoms with E-state index in [0.29, 0.717) is 17.5 Å². The molecule has 1 aliphatic rings. The summed E-state index contributed by atoms with van der Waals surface area (Å²) in [5, 5.41) is 11.4. The molecule has 0 spiro atoms. The van der Waals surface area contributed by atoms with Gasteiger partial charge in [-0.15, -0.1) is 10.2 Å². The maximum atomic E-state index is 13.4. The molecule has 0 saturated heterocycles. The van der Waals surface area contributed by atoms with Gasteiger partial charge < -0.3 is 10.7 Å². The summed E-state index contributed by atoms with van der Waals surface area (Å²) in [7, 11) is 0. The lowest BCUT2D eigenvalue weighted by molar-refractivity contribution is -0.121. The van der Waals surface area contributed by atoms with Gasteiger partial charge in [-0.1, -0.05) is 53.7 Å². The van der Waals surface area contributed by atoms with E-state index >= 15 is 0 Å². The number of nitrogens with zero attached hydrogens (tertiary/aromatic N) is 3. The Labute approximate surface area is 166 Å². The molecule has 0 unspecified atom stereocenters. The summed E-state index contributed by atoms with van der Waals surface area (Å²) in [6.45, 7) is 4.31. The second-order valence-electron chi connectivity index (χ2n) is 6.77. The third-order valence-corrected chi connectivity index (χ3v) is 5.89. The number of hydrogen-bond acceptors (Lipinski definition) is 5. The average molecular weight is 397 g/mol. The highest BCUT2D eigenvalue weighted by atomic mass is 32.2. The van der Waals surface area contributed by atoms with Gasteiger partial charge in [0.25, 0.3) is 0 Å². The summed E-state index contributed by atoms with van der Waals surface area (Å²) in [4.78, 5) is 13.0. The molecular weight excluding hydrogens is 377 g/mol. The van der Waals surface area contributed by atoms with E-state index < -0.39 is 5.25 Å². The number of halogens is 1. The van der Waals surface area contributed by atoms with Gasteiger partial charge in [0.05, 0.1) is 6.04 Å². The Morgan fingerprint density at radius 3 is 2.57 bits per heavy atom. The molecule has 2 atom stereocenters. The highest BCUT2D eigenvalue weighted by Gasteiger charge is 2.37. The number of carbonyl (C=O) groups is 1. The Morgan fingerprint density at radius 2 is 1.86 bits per heavy atom. The zero-order valence-electron chi connectivity index (χ0n) is 15.5. The number of nitrogens with one attached hydrogen (secondary N) is 2. The molecule has 2 heterocycles. The van der Waals surface area contributed by atoms with Crippen molar-refractivity contribution in [2.45, 2.75) is 36.8 Å². The highest BCUT2D eigenvalue weighted by Crippen LogP contribution is 2.37. The van der Waals surface area contributed by atoms with Crippen molar-refractivity contribution in [3.05, 3.63) is 76.9 Å². The van der Waals surface area contributed by atoms with Crippen LogP contribution >= 0.6 is 11.8 Å². The molecule has 1 aromatic heterocycles. The van der Waals surface area contributed by atoms with Gasteiger partial charge in [0.15, 0.2) is 0 Å². The molecule has 0 radical (unpaired) electrons. The van der Waals surface area contributed by atoms with Crippen molar-refractivity contribution in [1.29, 1.82) is 0 Å². The van der Waals surface area contributed by atoms with Crippen molar-refractivity contribution in [1.82, 2.24) is 20.2 Å². The van der Waals surface area contributed by atoms with Gasteiger partial charge in [-0.25, -0.2) is 9.07 Å². The fourth-order valence-corrected chi connectivity index (χ4v) is 4.23. The molecule has 0 bridgehead atoms. The molecule has 0 saturated carbocycles. The van der Waals surface area contributed by atoms with Crippen LogP contribution in [0.15, 0.2) is 53.7 Å². The van der Waals surface area contributed by atoms with Crippen LogP contribution in [-0.4, -0.2) is 26.0 Å². The van der Waals surface area contributed by atoms with Crippen molar-refractivity contribution in [2.75, 3.05) is 5.43 Å². The molecule has 0 aliphatic carbocycles. The molecule has 4 rings (SSSR count). The van der Waals surface area contributed by atoms with E-state index in [-0.39, 0.29) is 17.8 Å². The van der Waals surface area contributed by atoms with Crippen LogP contribution in [0.5, 0.6) is 0 Å². The van der Waals surface area contributed by atoms with E-state index in [9.17, 15) is 9.18 Å². The van der Waals surface area contributed by atoms with Gasteiger partial charge >= 0.3 is 0 Å². The zero-order chi connectivity index (χ0) is 19.7. The normalized spacial score (nSPS) is 18.2. The Hall–Kier alpha value is -2.87. The number of amides is 1. The Balaban J connectivity index is 1.57. The first-order valence-electron chi connectivity index (χ1n) is 8.95. The van der Waals surface area contributed by atoms with Crippen molar-refractivity contribution in [3.8, 4) is 0 Å². The first-order chi connectivity index (χ1) is 13.5. The number of rotatable bonds is 4. The molecule has 8 heteroatoms. The monoisotopic (exact) mass is 397 g/mol. The number of benzene rings is 2. The summed E-state index contributed by atoms with van der Waals surface area (Å²) in [5.74, 6) is 0.279. The molecule has 2 N–H and O–H groups in total. The highest BCUT2D eigenvalue weighted by molar-refractivity contribution is 8.00. The minimum Gasteiger partial charge on any atom is -0.351 e. The molecule has 6 nitrogen and oxygen atoms in total.